The maximum Gasteiger partial charge on any atom is 0.253 e. The number of rotatable bonds is 5. The minimum absolute atomic E-state index is 0.0482. The number of imidazole rings is 1. The van der Waals surface area contributed by atoms with Crippen LogP contribution in [-0.4, -0.2) is 39.0 Å². The van der Waals surface area contributed by atoms with E-state index in [1.54, 1.807) is 0 Å². The van der Waals surface area contributed by atoms with Gasteiger partial charge in [0.15, 0.2) is 0 Å². The summed E-state index contributed by atoms with van der Waals surface area (Å²) in [5, 5.41) is 9.19. The van der Waals surface area contributed by atoms with Crippen molar-refractivity contribution >= 4 is 16.9 Å². The maximum absolute atomic E-state index is 12.5. The molecule has 3 rings (SSSR count). The lowest BCUT2D eigenvalue weighted by atomic mass is 10.0. The molecule has 5 nitrogen and oxygen atoms in total. The molecule has 0 saturated heterocycles. The van der Waals surface area contributed by atoms with Crippen molar-refractivity contribution in [2.75, 3.05) is 13.1 Å². The normalized spacial score (nSPS) is 11.0. The number of nitrogens with one attached hydrogen (secondary N) is 1. The number of benzene rings is 2. The average molecular weight is 323 g/mol. The molecule has 24 heavy (non-hydrogen) atoms. The van der Waals surface area contributed by atoms with Gasteiger partial charge in [-0.2, -0.15) is 0 Å². The number of carbonyl (C=O) groups excluding carboxylic acids is 1. The summed E-state index contributed by atoms with van der Waals surface area (Å²) < 4.78 is 0. The van der Waals surface area contributed by atoms with Crippen molar-refractivity contribution in [3.05, 3.63) is 53.9 Å². The van der Waals surface area contributed by atoms with E-state index in [0.29, 0.717) is 24.5 Å². The zero-order valence-electron chi connectivity index (χ0n) is 13.9. The first-order chi connectivity index (χ1) is 11.7. The van der Waals surface area contributed by atoms with Crippen molar-refractivity contribution in [2.24, 2.45) is 0 Å². The van der Waals surface area contributed by atoms with Gasteiger partial charge in [0, 0.05) is 18.7 Å². The summed E-state index contributed by atoms with van der Waals surface area (Å²) in [4.78, 5) is 21.7. The van der Waals surface area contributed by atoms with E-state index in [4.69, 9.17) is 0 Å². The van der Waals surface area contributed by atoms with E-state index in [2.05, 4.69) is 9.97 Å². The predicted molar refractivity (Wildman–Crippen MR) is 94.7 cm³/mol. The highest BCUT2D eigenvalue weighted by atomic mass is 16.3. The molecule has 0 aliphatic rings. The summed E-state index contributed by atoms with van der Waals surface area (Å²) in [7, 11) is 0. The van der Waals surface area contributed by atoms with E-state index in [0.717, 1.165) is 22.2 Å². The first kappa shape index (κ1) is 16.2. The molecule has 2 aromatic carbocycles. The van der Waals surface area contributed by atoms with Crippen LogP contribution in [-0.2, 0) is 6.61 Å². The molecule has 0 radical (unpaired) electrons. The minimum atomic E-state index is -0.113. The van der Waals surface area contributed by atoms with Crippen molar-refractivity contribution in [3.8, 4) is 11.1 Å². The number of amides is 1. The van der Waals surface area contributed by atoms with Gasteiger partial charge in [0.2, 0.25) is 0 Å². The largest absolute Gasteiger partial charge is 0.388 e. The highest BCUT2D eigenvalue weighted by Crippen LogP contribution is 2.24. The van der Waals surface area contributed by atoms with Crippen LogP contribution in [0.4, 0.5) is 0 Å². The monoisotopic (exact) mass is 323 g/mol. The summed E-state index contributed by atoms with van der Waals surface area (Å²) in [6, 6.07) is 13.5. The number of aromatic amines is 1. The van der Waals surface area contributed by atoms with Crippen LogP contribution in [0.1, 0.15) is 30.0 Å². The molecule has 0 unspecified atom stereocenters. The first-order valence-electron chi connectivity index (χ1n) is 8.15. The number of nitrogens with zero attached hydrogens (tertiary/aromatic N) is 2. The summed E-state index contributed by atoms with van der Waals surface area (Å²) in [6.07, 6.45) is 0. The van der Waals surface area contributed by atoms with Gasteiger partial charge in [-0.25, -0.2) is 4.98 Å². The van der Waals surface area contributed by atoms with E-state index in [1.165, 1.54) is 0 Å². The lowest BCUT2D eigenvalue weighted by Crippen LogP contribution is -2.30. The standard InChI is InChI=1S/C19H21N3O2/c1-3-22(4-2)19(24)15-7-5-6-13(10-15)14-8-9-16-17(11-14)21-18(12-23)20-16/h5-11,23H,3-4,12H2,1-2H3,(H,20,21). The van der Waals surface area contributed by atoms with E-state index in [1.807, 2.05) is 61.2 Å². The molecule has 0 aliphatic carbocycles. The van der Waals surface area contributed by atoms with Gasteiger partial charge in [-0.05, 0) is 49.2 Å². The summed E-state index contributed by atoms with van der Waals surface area (Å²) in [6.45, 7) is 5.25. The molecule has 2 N–H and O–H groups in total. The molecular formula is C19H21N3O2. The third kappa shape index (κ3) is 3.03. The number of aliphatic hydroxyl groups excluding tert-OH is 1. The van der Waals surface area contributed by atoms with Crippen LogP contribution in [0.3, 0.4) is 0 Å². The second-order valence-electron chi connectivity index (χ2n) is 5.63. The number of carbonyl (C=O) groups is 1. The molecule has 124 valence electrons. The fourth-order valence-electron chi connectivity index (χ4n) is 2.84. The van der Waals surface area contributed by atoms with Gasteiger partial charge in [-0.1, -0.05) is 18.2 Å². The van der Waals surface area contributed by atoms with Gasteiger partial charge in [0.25, 0.3) is 5.91 Å². The smallest absolute Gasteiger partial charge is 0.253 e. The second kappa shape index (κ2) is 6.84. The van der Waals surface area contributed by atoms with Crippen LogP contribution in [0.2, 0.25) is 0 Å². The second-order valence-corrected chi connectivity index (χ2v) is 5.63. The van der Waals surface area contributed by atoms with Crippen LogP contribution in [0.15, 0.2) is 42.5 Å². The van der Waals surface area contributed by atoms with E-state index < -0.39 is 0 Å². The van der Waals surface area contributed by atoms with Crippen LogP contribution >= 0.6 is 0 Å². The minimum Gasteiger partial charge on any atom is -0.388 e. The fourth-order valence-corrected chi connectivity index (χ4v) is 2.84. The fraction of sp³-hybridized carbons (Fsp3) is 0.263. The van der Waals surface area contributed by atoms with E-state index >= 15 is 0 Å². The maximum atomic E-state index is 12.5. The number of H-pyrrole nitrogens is 1. The van der Waals surface area contributed by atoms with Crippen LogP contribution in [0, 0.1) is 0 Å². The van der Waals surface area contributed by atoms with Crippen molar-refractivity contribution < 1.29 is 9.90 Å². The van der Waals surface area contributed by atoms with Crippen molar-refractivity contribution in [2.45, 2.75) is 20.5 Å². The molecule has 0 spiro atoms. The van der Waals surface area contributed by atoms with Crippen molar-refractivity contribution in [1.82, 2.24) is 14.9 Å². The highest BCUT2D eigenvalue weighted by Gasteiger charge is 2.13. The zero-order valence-corrected chi connectivity index (χ0v) is 13.9. The molecule has 0 fully saturated rings. The number of hydrogen-bond donors (Lipinski definition) is 2. The number of fused-ring (bicyclic) bond motifs is 1. The van der Waals surface area contributed by atoms with Gasteiger partial charge in [0.1, 0.15) is 12.4 Å². The predicted octanol–water partition coefficient (Wildman–Crippen LogP) is 3.20. The molecule has 5 heteroatoms. The van der Waals surface area contributed by atoms with Gasteiger partial charge in [0.05, 0.1) is 11.0 Å². The Labute approximate surface area is 141 Å². The van der Waals surface area contributed by atoms with Gasteiger partial charge in [-0.3, -0.25) is 4.79 Å². The Morgan fingerprint density at radius 1 is 1.12 bits per heavy atom. The lowest BCUT2D eigenvalue weighted by molar-refractivity contribution is 0.0773. The molecular weight excluding hydrogens is 302 g/mol. The Hall–Kier alpha value is -2.66. The quantitative estimate of drug-likeness (QED) is 0.757. The zero-order chi connectivity index (χ0) is 17.1. The Kier molecular flexibility index (Phi) is 4.62. The van der Waals surface area contributed by atoms with Crippen molar-refractivity contribution in [3.63, 3.8) is 0 Å². The Balaban J connectivity index is 1.97. The SMILES string of the molecule is CCN(CC)C(=O)c1cccc(-c2ccc3nc(CO)[nH]c3c2)c1. The third-order valence-electron chi connectivity index (χ3n) is 4.17. The number of aliphatic hydroxyl groups is 1. The Morgan fingerprint density at radius 3 is 2.58 bits per heavy atom. The first-order valence-corrected chi connectivity index (χ1v) is 8.15. The third-order valence-corrected chi connectivity index (χ3v) is 4.17. The van der Waals surface area contributed by atoms with E-state index in [9.17, 15) is 9.90 Å². The summed E-state index contributed by atoms with van der Waals surface area (Å²) in [5.41, 5.74) is 4.37. The molecule has 1 heterocycles. The molecule has 0 bridgehead atoms. The Bertz CT molecular complexity index is 866. The lowest BCUT2D eigenvalue weighted by Gasteiger charge is -2.19. The molecule has 0 saturated carbocycles. The van der Waals surface area contributed by atoms with Crippen LogP contribution < -0.4 is 0 Å². The molecule has 1 amide bonds. The van der Waals surface area contributed by atoms with Crippen LogP contribution in [0.25, 0.3) is 22.2 Å². The summed E-state index contributed by atoms with van der Waals surface area (Å²) in [5.74, 6) is 0.597. The summed E-state index contributed by atoms with van der Waals surface area (Å²) >= 11 is 0. The van der Waals surface area contributed by atoms with Crippen molar-refractivity contribution in [1.29, 1.82) is 0 Å². The molecule has 1 aromatic heterocycles. The van der Waals surface area contributed by atoms with Gasteiger partial charge in [-0.15, -0.1) is 0 Å². The highest BCUT2D eigenvalue weighted by molar-refractivity contribution is 5.95. The number of aromatic nitrogens is 2. The van der Waals surface area contributed by atoms with Gasteiger partial charge >= 0.3 is 0 Å². The topological polar surface area (TPSA) is 69.2 Å². The number of hydrogen-bond acceptors (Lipinski definition) is 3. The molecule has 0 aliphatic heterocycles. The van der Waals surface area contributed by atoms with E-state index in [-0.39, 0.29) is 12.5 Å². The molecule has 0 atom stereocenters. The Morgan fingerprint density at radius 2 is 1.88 bits per heavy atom. The molecule has 3 aromatic rings. The van der Waals surface area contributed by atoms with Crippen LogP contribution in [0.5, 0.6) is 0 Å². The average Bonchev–Trinajstić information content (AvgIpc) is 3.05. The van der Waals surface area contributed by atoms with Gasteiger partial charge < -0.3 is 15.0 Å².